The second kappa shape index (κ2) is 6.75. The van der Waals surface area contributed by atoms with E-state index in [0.29, 0.717) is 12.2 Å². The van der Waals surface area contributed by atoms with Crippen molar-refractivity contribution in [2.45, 2.75) is 24.7 Å². The van der Waals surface area contributed by atoms with Crippen LogP contribution in [0.1, 0.15) is 18.9 Å². The van der Waals surface area contributed by atoms with Gasteiger partial charge in [0.25, 0.3) is 15.7 Å². The summed E-state index contributed by atoms with van der Waals surface area (Å²) in [6.07, 6.45) is 1.57. The first-order valence-electron chi connectivity index (χ1n) is 7.96. The van der Waals surface area contributed by atoms with Crippen molar-refractivity contribution in [3.05, 3.63) is 58.1 Å². The normalized spacial score (nSPS) is 13.8. The van der Waals surface area contributed by atoms with Crippen LogP contribution in [0, 0.1) is 10.1 Å². The number of hydrogen-bond acceptors (Lipinski definition) is 5. The Morgan fingerprint density at radius 1 is 1.19 bits per heavy atom. The Balaban J connectivity index is 1.86. The van der Waals surface area contributed by atoms with Gasteiger partial charge in [-0.05, 0) is 48.7 Å². The van der Waals surface area contributed by atoms with Crippen LogP contribution in [0.15, 0.2) is 47.4 Å². The number of carbonyl (C=O) groups is 1. The molecule has 0 unspecified atom stereocenters. The molecule has 0 aromatic heterocycles. The third-order valence-corrected chi connectivity index (χ3v) is 5.59. The SMILES string of the molecule is CC(=O)N1CCCc2cc(NS(=O)(=O)c3ccc([N+](=O)[O-])cc3)ccc21. The number of anilines is 2. The molecule has 0 radical (unpaired) electrons. The molecule has 0 spiro atoms. The van der Waals surface area contributed by atoms with E-state index in [-0.39, 0.29) is 16.5 Å². The Morgan fingerprint density at radius 3 is 2.50 bits per heavy atom. The number of nitrogens with zero attached hydrogens (tertiary/aromatic N) is 2. The van der Waals surface area contributed by atoms with Crippen molar-refractivity contribution in [1.29, 1.82) is 0 Å². The van der Waals surface area contributed by atoms with Crippen LogP contribution in [0.2, 0.25) is 0 Å². The zero-order chi connectivity index (χ0) is 18.9. The van der Waals surface area contributed by atoms with Crippen molar-refractivity contribution in [2.24, 2.45) is 0 Å². The van der Waals surface area contributed by atoms with Gasteiger partial charge >= 0.3 is 0 Å². The molecule has 0 bridgehead atoms. The molecule has 1 aliphatic heterocycles. The van der Waals surface area contributed by atoms with Crippen molar-refractivity contribution in [2.75, 3.05) is 16.2 Å². The number of fused-ring (bicyclic) bond motifs is 1. The molecule has 0 aliphatic carbocycles. The molecule has 0 atom stereocenters. The molecule has 26 heavy (non-hydrogen) atoms. The number of non-ortho nitro benzene ring substituents is 1. The summed E-state index contributed by atoms with van der Waals surface area (Å²) in [5.41, 5.74) is 1.90. The number of amides is 1. The molecule has 0 fully saturated rings. The third-order valence-electron chi connectivity index (χ3n) is 4.19. The van der Waals surface area contributed by atoms with Gasteiger partial charge in [0.2, 0.25) is 5.91 Å². The van der Waals surface area contributed by atoms with Gasteiger partial charge in [0.1, 0.15) is 0 Å². The topological polar surface area (TPSA) is 110 Å². The van der Waals surface area contributed by atoms with Crippen LogP contribution in [0.25, 0.3) is 0 Å². The van der Waals surface area contributed by atoms with Crippen LogP contribution < -0.4 is 9.62 Å². The van der Waals surface area contributed by atoms with E-state index in [2.05, 4.69) is 4.72 Å². The van der Waals surface area contributed by atoms with Gasteiger partial charge in [0, 0.05) is 37.0 Å². The molecule has 3 rings (SSSR count). The van der Waals surface area contributed by atoms with E-state index < -0.39 is 14.9 Å². The fraction of sp³-hybridized carbons (Fsp3) is 0.235. The molecule has 1 N–H and O–H groups in total. The van der Waals surface area contributed by atoms with Crippen molar-refractivity contribution in [3.8, 4) is 0 Å². The smallest absolute Gasteiger partial charge is 0.269 e. The number of hydrogen-bond donors (Lipinski definition) is 1. The average Bonchev–Trinajstić information content (AvgIpc) is 2.60. The number of rotatable bonds is 4. The number of sulfonamides is 1. The lowest BCUT2D eigenvalue weighted by Crippen LogP contribution is -2.33. The Morgan fingerprint density at radius 2 is 1.88 bits per heavy atom. The molecule has 0 saturated heterocycles. The molecule has 1 amide bonds. The maximum atomic E-state index is 12.5. The highest BCUT2D eigenvalue weighted by atomic mass is 32.2. The van der Waals surface area contributed by atoms with E-state index in [0.717, 1.165) is 36.2 Å². The minimum atomic E-state index is -3.87. The van der Waals surface area contributed by atoms with Crippen LogP contribution in [0.3, 0.4) is 0 Å². The van der Waals surface area contributed by atoms with Crippen molar-refractivity contribution in [3.63, 3.8) is 0 Å². The van der Waals surface area contributed by atoms with Gasteiger partial charge in [-0.1, -0.05) is 0 Å². The number of carbonyl (C=O) groups excluding carboxylic acids is 1. The summed E-state index contributed by atoms with van der Waals surface area (Å²) >= 11 is 0. The molecule has 2 aromatic carbocycles. The predicted molar refractivity (Wildman–Crippen MR) is 96.7 cm³/mol. The number of nitrogens with one attached hydrogen (secondary N) is 1. The Kier molecular flexibility index (Phi) is 4.64. The average molecular weight is 375 g/mol. The van der Waals surface area contributed by atoms with Gasteiger partial charge < -0.3 is 4.90 Å². The van der Waals surface area contributed by atoms with Gasteiger partial charge in [-0.2, -0.15) is 0 Å². The van der Waals surface area contributed by atoms with Gasteiger partial charge in [-0.3, -0.25) is 19.6 Å². The van der Waals surface area contributed by atoms with E-state index in [1.165, 1.54) is 19.1 Å². The monoisotopic (exact) mass is 375 g/mol. The molecule has 9 heteroatoms. The van der Waals surface area contributed by atoms with Gasteiger partial charge in [0.05, 0.1) is 9.82 Å². The highest BCUT2D eigenvalue weighted by Crippen LogP contribution is 2.30. The highest BCUT2D eigenvalue weighted by molar-refractivity contribution is 7.92. The summed E-state index contributed by atoms with van der Waals surface area (Å²) in [4.78, 5) is 23.4. The number of nitro benzene ring substituents is 1. The summed E-state index contributed by atoms with van der Waals surface area (Å²) in [6, 6.07) is 9.71. The highest BCUT2D eigenvalue weighted by Gasteiger charge is 2.21. The third kappa shape index (κ3) is 3.52. The lowest BCUT2D eigenvalue weighted by molar-refractivity contribution is -0.384. The fourth-order valence-electron chi connectivity index (χ4n) is 2.95. The van der Waals surface area contributed by atoms with E-state index in [4.69, 9.17) is 0 Å². The second-order valence-electron chi connectivity index (χ2n) is 5.97. The maximum Gasteiger partial charge on any atom is 0.269 e. The van der Waals surface area contributed by atoms with E-state index >= 15 is 0 Å². The standard InChI is InChI=1S/C17H17N3O5S/c1-12(21)19-10-2-3-13-11-14(4-9-17(13)19)18-26(24,25)16-7-5-15(6-8-16)20(22)23/h4-9,11,18H,2-3,10H2,1H3. The van der Waals surface area contributed by atoms with E-state index in [1.807, 2.05) is 0 Å². The predicted octanol–water partition coefficient (Wildman–Crippen LogP) is 2.69. The molecule has 1 aliphatic rings. The van der Waals surface area contributed by atoms with Crippen LogP contribution in [0.4, 0.5) is 17.1 Å². The van der Waals surface area contributed by atoms with E-state index in [1.54, 1.807) is 23.1 Å². The lowest BCUT2D eigenvalue weighted by atomic mass is 10.0. The Hall–Kier alpha value is -2.94. The molecule has 136 valence electrons. The number of nitro groups is 1. The van der Waals surface area contributed by atoms with Gasteiger partial charge in [-0.25, -0.2) is 8.42 Å². The first-order valence-corrected chi connectivity index (χ1v) is 9.44. The van der Waals surface area contributed by atoms with E-state index in [9.17, 15) is 23.3 Å². The van der Waals surface area contributed by atoms with Crippen molar-refractivity contribution < 1.29 is 18.1 Å². The molecular weight excluding hydrogens is 358 g/mol. The second-order valence-corrected chi connectivity index (χ2v) is 7.66. The fourth-order valence-corrected chi connectivity index (χ4v) is 4.00. The molecule has 2 aromatic rings. The quantitative estimate of drug-likeness (QED) is 0.653. The largest absolute Gasteiger partial charge is 0.312 e. The Bertz CT molecular complexity index is 970. The van der Waals surface area contributed by atoms with Crippen molar-refractivity contribution in [1.82, 2.24) is 0 Å². The zero-order valence-electron chi connectivity index (χ0n) is 14.0. The molecular formula is C17H17N3O5S. The van der Waals surface area contributed by atoms with Crippen LogP contribution in [-0.4, -0.2) is 25.8 Å². The summed E-state index contributed by atoms with van der Waals surface area (Å²) in [7, 11) is -3.87. The van der Waals surface area contributed by atoms with Gasteiger partial charge in [0.15, 0.2) is 0 Å². The first kappa shape index (κ1) is 17.9. The maximum absolute atomic E-state index is 12.5. The summed E-state index contributed by atoms with van der Waals surface area (Å²) in [6.45, 7) is 2.15. The minimum Gasteiger partial charge on any atom is -0.312 e. The molecule has 1 heterocycles. The summed E-state index contributed by atoms with van der Waals surface area (Å²) < 4.78 is 27.4. The lowest BCUT2D eigenvalue weighted by Gasteiger charge is -2.29. The summed E-state index contributed by atoms with van der Waals surface area (Å²) in [5, 5.41) is 10.7. The van der Waals surface area contributed by atoms with Crippen LogP contribution in [-0.2, 0) is 21.2 Å². The number of aryl methyl sites for hydroxylation is 1. The molecule has 0 saturated carbocycles. The minimum absolute atomic E-state index is 0.0508. The van der Waals surface area contributed by atoms with Crippen LogP contribution in [0.5, 0.6) is 0 Å². The van der Waals surface area contributed by atoms with Gasteiger partial charge in [-0.15, -0.1) is 0 Å². The molecule has 8 nitrogen and oxygen atoms in total. The van der Waals surface area contributed by atoms with Crippen LogP contribution >= 0.6 is 0 Å². The first-order chi connectivity index (χ1) is 12.3. The Labute approximate surface area is 150 Å². The summed E-state index contributed by atoms with van der Waals surface area (Å²) in [5.74, 6) is -0.0508. The van der Waals surface area contributed by atoms with Crippen molar-refractivity contribution >= 4 is 33.0 Å². The zero-order valence-corrected chi connectivity index (χ0v) is 14.8. The number of benzene rings is 2.